The maximum Gasteiger partial charge on any atom is 0.229 e. The fourth-order valence-corrected chi connectivity index (χ4v) is 1.99. The molecule has 1 atom stereocenters. The van der Waals surface area contributed by atoms with Gasteiger partial charge in [-0.3, -0.25) is 19.3 Å². The van der Waals surface area contributed by atoms with Crippen LogP contribution in [0.4, 0.5) is 0 Å². The van der Waals surface area contributed by atoms with Gasteiger partial charge >= 0.3 is 0 Å². The van der Waals surface area contributed by atoms with Crippen molar-refractivity contribution in [2.45, 2.75) is 46.0 Å². The first-order valence-electron chi connectivity index (χ1n) is 5.83. The first kappa shape index (κ1) is 12.9. The van der Waals surface area contributed by atoms with E-state index in [1.54, 1.807) is 0 Å². The lowest BCUT2D eigenvalue weighted by Crippen LogP contribution is -2.36. The molecular weight excluding hydrogens is 206 g/mol. The number of nitrogens with zero attached hydrogens (tertiary/aromatic N) is 1. The number of carbonyl (C=O) groups excluding carboxylic acids is 3. The van der Waals surface area contributed by atoms with Gasteiger partial charge < -0.3 is 0 Å². The van der Waals surface area contributed by atoms with Gasteiger partial charge in [-0.05, 0) is 18.8 Å². The fourth-order valence-electron chi connectivity index (χ4n) is 1.99. The predicted octanol–water partition coefficient (Wildman–Crippen LogP) is 1.53. The molecule has 0 aromatic rings. The Kier molecular flexibility index (Phi) is 4.65. The first-order chi connectivity index (χ1) is 7.50. The lowest BCUT2D eigenvalue weighted by Gasteiger charge is -2.21. The summed E-state index contributed by atoms with van der Waals surface area (Å²) in [6, 6.07) is 0. The van der Waals surface area contributed by atoms with Crippen molar-refractivity contribution in [2.75, 3.05) is 6.54 Å². The van der Waals surface area contributed by atoms with E-state index < -0.39 is 0 Å². The summed E-state index contributed by atoms with van der Waals surface area (Å²) in [7, 11) is 0. The molecule has 1 rings (SSSR count). The molecule has 0 bridgehead atoms. The Morgan fingerprint density at radius 1 is 1.31 bits per heavy atom. The Labute approximate surface area is 96.0 Å². The van der Waals surface area contributed by atoms with Crippen LogP contribution in [-0.4, -0.2) is 29.0 Å². The van der Waals surface area contributed by atoms with Crippen LogP contribution < -0.4 is 0 Å². The summed E-state index contributed by atoms with van der Waals surface area (Å²) in [5.74, 6) is 0.160. The van der Waals surface area contributed by atoms with Crippen LogP contribution in [0.5, 0.6) is 0 Å². The van der Waals surface area contributed by atoms with E-state index in [9.17, 15) is 14.4 Å². The van der Waals surface area contributed by atoms with Gasteiger partial charge in [0.2, 0.25) is 11.8 Å². The maximum atomic E-state index is 11.7. The number of Topliss-reactive ketones (excluding diaryl/α,β-unsaturated/α-hetero) is 1. The van der Waals surface area contributed by atoms with Gasteiger partial charge in [-0.2, -0.15) is 0 Å². The monoisotopic (exact) mass is 225 g/mol. The Hall–Kier alpha value is -1.19. The van der Waals surface area contributed by atoms with E-state index in [1.165, 1.54) is 11.8 Å². The van der Waals surface area contributed by atoms with Gasteiger partial charge in [-0.1, -0.05) is 6.92 Å². The standard InChI is InChI=1S/C12H19NO3/c1-9-5-6-12(16)13(10(2)14)7-3-4-11(15)8-9/h9H,3-8H2,1-2H3. The molecule has 0 aromatic heterocycles. The molecule has 1 aliphatic rings. The van der Waals surface area contributed by atoms with Crippen molar-refractivity contribution in [3.63, 3.8) is 0 Å². The predicted molar refractivity (Wildman–Crippen MR) is 59.7 cm³/mol. The molecule has 0 radical (unpaired) electrons. The Balaban J connectivity index is 2.66. The number of carbonyl (C=O) groups is 3. The normalized spacial score (nSPS) is 24.4. The second-order valence-corrected chi connectivity index (χ2v) is 4.55. The highest BCUT2D eigenvalue weighted by Gasteiger charge is 2.21. The van der Waals surface area contributed by atoms with Crippen molar-refractivity contribution in [1.82, 2.24) is 4.90 Å². The number of imide groups is 1. The third-order valence-corrected chi connectivity index (χ3v) is 2.95. The minimum Gasteiger partial charge on any atom is -0.300 e. The summed E-state index contributed by atoms with van der Waals surface area (Å²) in [5.41, 5.74) is 0. The lowest BCUT2D eigenvalue weighted by molar-refractivity contribution is -0.144. The maximum absolute atomic E-state index is 11.7. The summed E-state index contributed by atoms with van der Waals surface area (Å²) >= 11 is 0. The number of rotatable bonds is 0. The van der Waals surface area contributed by atoms with Crippen LogP contribution in [0.25, 0.3) is 0 Å². The summed E-state index contributed by atoms with van der Waals surface area (Å²) < 4.78 is 0. The van der Waals surface area contributed by atoms with Gasteiger partial charge in [-0.15, -0.1) is 0 Å². The molecule has 1 unspecified atom stereocenters. The topological polar surface area (TPSA) is 54.5 Å². The Morgan fingerprint density at radius 2 is 2.00 bits per heavy atom. The largest absolute Gasteiger partial charge is 0.300 e. The van der Waals surface area contributed by atoms with E-state index in [2.05, 4.69) is 0 Å². The summed E-state index contributed by atoms with van der Waals surface area (Å²) in [4.78, 5) is 35.7. The highest BCUT2D eigenvalue weighted by atomic mass is 16.2. The lowest BCUT2D eigenvalue weighted by atomic mass is 9.96. The zero-order valence-electron chi connectivity index (χ0n) is 9.99. The molecular formula is C12H19NO3. The van der Waals surface area contributed by atoms with Crippen LogP contribution in [0.15, 0.2) is 0 Å². The molecule has 0 N–H and O–H groups in total. The summed E-state index contributed by atoms with van der Waals surface area (Å²) in [6.45, 7) is 3.76. The highest BCUT2D eigenvalue weighted by molar-refractivity contribution is 5.94. The number of hydrogen-bond donors (Lipinski definition) is 0. The summed E-state index contributed by atoms with van der Waals surface area (Å²) in [5, 5.41) is 0. The molecule has 4 nitrogen and oxygen atoms in total. The molecule has 90 valence electrons. The molecule has 0 aromatic carbocycles. The Morgan fingerprint density at radius 3 is 2.62 bits per heavy atom. The fraction of sp³-hybridized carbons (Fsp3) is 0.750. The van der Waals surface area contributed by atoms with E-state index in [-0.39, 0.29) is 23.5 Å². The number of hydrogen-bond acceptors (Lipinski definition) is 3. The molecule has 16 heavy (non-hydrogen) atoms. The average molecular weight is 225 g/mol. The molecule has 1 saturated heterocycles. The second-order valence-electron chi connectivity index (χ2n) is 4.55. The zero-order valence-corrected chi connectivity index (χ0v) is 9.99. The quantitative estimate of drug-likeness (QED) is 0.628. The molecule has 4 heteroatoms. The number of amides is 2. The van der Waals surface area contributed by atoms with Crippen molar-refractivity contribution in [3.05, 3.63) is 0 Å². The molecule has 0 saturated carbocycles. The zero-order chi connectivity index (χ0) is 12.1. The van der Waals surface area contributed by atoms with Crippen LogP contribution >= 0.6 is 0 Å². The van der Waals surface area contributed by atoms with Crippen molar-refractivity contribution in [2.24, 2.45) is 5.92 Å². The number of ketones is 1. The van der Waals surface area contributed by atoms with Crippen molar-refractivity contribution in [1.29, 1.82) is 0 Å². The summed E-state index contributed by atoms with van der Waals surface area (Å²) in [6.07, 6.45) is 2.69. The van der Waals surface area contributed by atoms with Crippen LogP contribution in [0.1, 0.15) is 46.0 Å². The third-order valence-electron chi connectivity index (χ3n) is 2.95. The molecule has 1 fully saturated rings. The molecule has 0 aliphatic carbocycles. The van der Waals surface area contributed by atoms with Gasteiger partial charge in [-0.25, -0.2) is 0 Å². The molecule has 1 aliphatic heterocycles. The molecule has 1 heterocycles. The van der Waals surface area contributed by atoms with Gasteiger partial charge in [0.05, 0.1) is 0 Å². The van der Waals surface area contributed by atoms with Crippen molar-refractivity contribution < 1.29 is 14.4 Å². The average Bonchev–Trinajstić information content (AvgIpc) is 2.19. The molecule has 0 spiro atoms. The SMILES string of the molecule is CC(=O)N1CCCC(=O)CC(C)CCC1=O. The Bertz CT molecular complexity index is 299. The third kappa shape index (κ3) is 3.76. The van der Waals surface area contributed by atoms with E-state index in [4.69, 9.17) is 0 Å². The minimum absolute atomic E-state index is 0.103. The smallest absolute Gasteiger partial charge is 0.229 e. The van der Waals surface area contributed by atoms with Crippen LogP contribution in [0, 0.1) is 5.92 Å². The van der Waals surface area contributed by atoms with Crippen molar-refractivity contribution in [3.8, 4) is 0 Å². The van der Waals surface area contributed by atoms with E-state index in [1.807, 2.05) is 6.92 Å². The van der Waals surface area contributed by atoms with Crippen LogP contribution in [0.2, 0.25) is 0 Å². The van der Waals surface area contributed by atoms with E-state index in [0.29, 0.717) is 38.6 Å². The van der Waals surface area contributed by atoms with Gasteiger partial charge in [0, 0.05) is 32.7 Å². The first-order valence-corrected chi connectivity index (χ1v) is 5.83. The van der Waals surface area contributed by atoms with Gasteiger partial charge in [0.1, 0.15) is 5.78 Å². The minimum atomic E-state index is -0.217. The van der Waals surface area contributed by atoms with E-state index >= 15 is 0 Å². The second kappa shape index (κ2) is 5.77. The highest BCUT2D eigenvalue weighted by Crippen LogP contribution is 2.16. The van der Waals surface area contributed by atoms with Crippen LogP contribution in [-0.2, 0) is 14.4 Å². The van der Waals surface area contributed by atoms with E-state index in [0.717, 1.165) is 0 Å². The van der Waals surface area contributed by atoms with Gasteiger partial charge in [0.25, 0.3) is 0 Å². The van der Waals surface area contributed by atoms with Crippen molar-refractivity contribution >= 4 is 17.6 Å². The van der Waals surface area contributed by atoms with Gasteiger partial charge in [0.15, 0.2) is 0 Å². The molecule has 2 amide bonds. The van der Waals surface area contributed by atoms with Crippen LogP contribution in [0.3, 0.4) is 0 Å².